The Morgan fingerprint density at radius 3 is 2.33 bits per heavy atom. The average Bonchev–Trinajstić information content (AvgIpc) is 3.09. The van der Waals surface area contributed by atoms with Crippen molar-refractivity contribution in [2.24, 2.45) is 0 Å². The summed E-state index contributed by atoms with van der Waals surface area (Å²) >= 11 is 0. The maximum Gasteiger partial charge on any atom is 0.335 e. The van der Waals surface area contributed by atoms with Crippen molar-refractivity contribution >= 4 is 29.4 Å². The fourth-order valence-electron chi connectivity index (χ4n) is 3.73. The Morgan fingerprint density at radius 1 is 0.939 bits per heavy atom. The van der Waals surface area contributed by atoms with Crippen LogP contribution in [0.4, 0.5) is 10.1 Å². The van der Waals surface area contributed by atoms with Gasteiger partial charge in [-0.1, -0.05) is 60.7 Å². The zero-order chi connectivity index (χ0) is 23.5. The van der Waals surface area contributed by atoms with Crippen molar-refractivity contribution in [1.82, 2.24) is 0 Å². The van der Waals surface area contributed by atoms with Gasteiger partial charge in [0.15, 0.2) is 11.5 Å². The molecule has 3 aromatic carbocycles. The van der Waals surface area contributed by atoms with Crippen molar-refractivity contribution < 1.29 is 29.0 Å². The second kappa shape index (κ2) is 8.92. The number of halogens is 1. The standard InChI is InChI=1S/C26H18FNO5/c27-20-12-5-4-11-19(20)23-22(21(29)14-13-16-7-2-1-3-8-16)24(30)25(31)28(23)18-10-6-9-17(15-18)26(32)33/h1-15,23,30H,(H,32,33)/b14-13+/t23-/m1/s1. The molecule has 1 heterocycles. The van der Waals surface area contributed by atoms with E-state index in [1.54, 1.807) is 30.3 Å². The van der Waals surface area contributed by atoms with Crippen molar-refractivity contribution in [2.75, 3.05) is 4.90 Å². The van der Waals surface area contributed by atoms with E-state index in [1.807, 2.05) is 6.07 Å². The van der Waals surface area contributed by atoms with Gasteiger partial charge in [-0.25, -0.2) is 9.18 Å². The lowest BCUT2D eigenvalue weighted by Crippen LogP contribution is -2.31. The maximum absolute atomic E-state index is 14.8. The molecule has 1 amide bonds. The first-order valence-corrected chi connectivity index (χ1v) is 10.0. The molecule has 0 radical (unpaired) electrons. The van der Waals surface area contributed by atoms with Crippen LogP contribution in [0.3, 0.4) is 0 Å². The lowest BCUT2D eigenvalue weighted by molar-refractivity contribution is -0.117. The minimum absolute atomic E-state index is 0.00732. The zero-order valence-electron chi connectivity index (χ0n) is 17.2. The van der Waals surface area contributed by atoms with E-state index in [0.717, 1.165) is 10.5 Å². The third-order valence-electron chi connectivity index (χ3n) is 5.27. The smallest absolute Gasteiger partial charge is 0.335 e. The summed E-state index contributed by atoms with van der Waals surface area (Å²) in [5.41, 5.74) is 0.430. The molecule has 0 saturated heterocycles. The van der Waals surface area contributed by atoms with Gasteiger partial charge in [0, 0.05) is 11.3 Å². The van der Waals surface area contributed by atoms with Crippen LogP contribution in [0.2, 0.25) is 0 Å². The van der Waals surface area contributed by atoms with Gasteiger partial charge in [-0.05, 0) is 35.9 Å². The molecule has 7 heteroatoms. The fourth-order valence-corrected chi connectivity index (χ4v) is 3.73. The Balaban J connectivity index is 1.83. The van der Waals surface area contributed by atoms with Gasteiger partial charge in [-0.3, -0.25) is 14.5 Å². The highest BCUT2D eigenvalue weighted by Crippen LogP contribution is 2.42. The van der Waals surface area contributed by atoms with E-state index in [9.17, 15) is 29.0 Å². The van der Waals surface area contributed by atoms with Crippen LogP contribution in [0.15, 0.2) is 96.3 Å². The van der Waals surface area contributed by atoms with E-state index in [0.29, 0.717) is 0 Å². The molecule has 2 N–H and O–H groups in total. The van der Waals surface area contributed by atoms with Crippen molar-refractivity contribution in [3.8, 4) is 0 Å². The summed E-state index contributed by atoms with van der Waals surface area (Å²) in [4.78, 5) is 38.6. The molecule has 6 nitrogen and oxygen atoms in total. The molecule has 0 aliphatic carbocycles. The van der Waals surface area contributed by atoms with Gasteiger partial charge < -0.3 is 10.2 Å². The summed E-state index contributed by atoms with van der Waals surface area (Å²) in [5.74, 6) is -4.31. The number of aliphatic hydroxyl groups is 1. The predicted octanol–water partition coefficient (Wildman–Crippen LogP) is 4.71. The Bertz CT molecular complexity index is 1310. The minimum atomic E-state index is -1.28. The molecule has 0 unspecified atom stereocenters. The number of nitrogens with zero attached hydrogens (tertiary/aromatic N) is 1. The van der Waals surface area contributed by atoms with E-state index in [4.69, 9.17) is 0 Å². The van der Waals surface area contributed by atoms with Crippen LogP contribution in [0.1, 0.15) is 27.5 Å². The van der Waals surface area contributed by atoms with Gasteiger partial charge in [0.05, 0.1) is 17.2 Å². The summed E-state index contributed by atoms with van der Waals surface area (Å²) in [7, 11) is 0. The molecule has 4 rings (SSSR count). The number of ketones is 1. The monoisotopic (exact) mass is 443 g/mol. The molecular weight excluding hydrogens is 425 g/mol. The number of aromatic carboxylic acids is 1. The van der Waals surface area contributed by atoms with Crippen LogP contribution in [-0.2, 0) is 9.59 Å². The van der Waals surface area contributed by atoms with Gasteiger partial charge in [-0.15, -0.1) is 0 Å². The van der Waals surface area contributed by atoms with Crippen LogP contribution in [0, 0.1) is 5.82 Å². The highest BCUT2D eigenvalue weighted by atomic mass is 19.1. The molecule has 0 fully saturated rings. The number of hydrogen-bond donors (Lipinski definition) is 2. The minimum Gasteiger partial charge on any atom is -0.503 e. The van der Waals surface area contributed by atoms with Crippen LogP contribution < -0.4 is 4.90 Å². The Kier molecular flexibility index (Phi) is 5.87. The molecule has 3 aromatic rings. The molecule has 0 bridgehead atoms. The summed E-state index contributed by atoms with van der Waals surface area (Å²) in [6.07, 6.45) is 2.73. The number of carboxylic acids is 1. The van der Waals surface area contributed by atoms with E-state index < -0.39 is 35.3 Å². The lowest BCUT2D eigenvalue weighted by atomic mass is 9.94. The number of amides is 1. The highest BCUT2D eigenvalue weighted by molar-refractivity contribution is 6.20. The number of rotatable bonds is 6. The summed E-state index contributed by atoms with van der Waals surface area (Å²) in [6, 6.07) is 18.7. The second-order valence-electron chi connectivity index (χ2n) is 7.33. The van der Waals surface area contributed by atoms with Gasteiger partial charge in [0.2, 0.25) is 0 Å². The molecule has 0 saturated carbocycles. The molecule has 0 aromatic heterocycles. The van der Waals surface area contributed by atoms with Crippen molar-refractivity contribution in [2.45, 2.75) is 6.04 Å². The lowest BCUT2D eigenvalue weighted by Gasteiger charge is -2.27. The SMILES string of the molecule is O=C(/C=C/c1ccccc1)C1=C(O)C(=O)N(c2cccc(C(=O)O)c2)[C@@H]1c1ccccc1F. The first-order valence-electron chi connectivity index (χ1n) is 10.0. The van der Waals surface area contributed by atoms with E-state index in [2.05, 4.69) is 0 Å². The number of aliphatic hydroxyl groups excluding tert-OH is 1. The van der Waals surface area contributed by atoms with E-state index in [1.165, 1.54) is 54.6 Å². The Labute approximate surface area is 188 Å². The zero-order valence-corrected chi connectivity index (χ0v) is 17.2. The topological polar surface area (TPSA) is 94.9 Å². The van der Waals surface area contributed by atoms with Crippen molar-refractivity contribution in [1.29, 1.82) is 0 Å². The number of hydrogen-bond acceptors (Lipinski definition) is 4. The summed E-state index contributed by atoms with van der Waals surface area (Å²) in [5, 5.41) is 20.0. The average molecular weight is 443 g/mol. The van der Waals surface area contributed by atoms with Crippen molar-refractivity contribution in [3.63, 3.8) is 0 Å². The van der Waals surface area contributed by atoms with Crippen LogP contribution in [-0.4, -0.2) is 27.9 Å². The third-order valence-corrected chi connectivity index (χ3v) is 5.27. The second-order valence-corrected chi connectivity index (χ2v) is 7.33. The fraction of sp³-hybridized carbons (Fsp3) is 0.0385. The Hall–Kier alpha value is -4.52. The highest BCUT2D eigenvalue weighted by Gasteiger charge is 2.44. The molecule has 164 valence electrons. The van der Waals surface area contributed by atoms with Crippen LogP contribution >= 0.6 is 0 Å². The van der Waals surface area contributed by atoms with Gasteiger partial charge in [-0.2, -0.15) is 0 Å². The van der Waals surface area contributed by atoms with E-state index in [-0.39, 0.29) is 22.4 Å². The Morgan fingerprint density at radius 2 is 1.64 bits per heavy atom. The van der Waals surface area contributed by atoms with Crippen LogP contribution in [0.25, 0.3) is 6.08 Å². The maximum atomic E-state index is 14.8. The van der Waals surface area contributed by atoms with Crippen molar-refractivity contribution in [3.05, 3.63) is 119 Å². The first-order chi connectivity index (χ1) is 15.9. The number of allylic oxidation sites excluding steroid dienone is 1. The van der Waals surface area contributed by atoms with Gasteiger partial charge >= 0.3 is 5.97 Å². The molecule has 1 aliphatic heterocycles. The predicted molar refractivity (Wildman–Crippen MR) is 120 cm³/mol. The number of carbonyl (C=O) groups excluding carboxylic acids is 2. The quantitative estimate of drug-likeness (QED) is 0.538. The molecule has 1 atom stereocenters. The third kappa shape index (κ3) is 4.16. The largest absolute Gasteiger partial charge is 0.503 e. The summed E-state index contributed by atoms with van der Waals surface area (Å²) in [6.45, 7) is 0. The summed E-state index contributed by atoms with van der Waals surface area (Å²) < 4.78 is 14.8. The normalized spacial score (nSPS) is 16.0. The number of carbonyl (C=O) groups is 3. The van der Waals surface area contributed by atoms with E-state index >= 15 is 0 Å². The number of carboxylic acid groups (broad SMARTS) is 1. The number of benzene rings is 3. The van der Waals surface area contributed by atoms with Gasteiger partial charge in [0.25, 0.3) is 5.91 Å². The molecule has 0 spiro atoms. The first kappa shape index (κ1) is 21.7. The molecule has 33 heavy (non-hydrogen) atoms. The molecule has 1 aliphatic rings. The molecular formula is C26H18FNO5. The number of anilines is 1. The van der Waals surface area contributed by atoms with Crippen LogP contribution in [0.5, 0.6) is 0 Å². The van der Waals surface area contributed by atoms with Gasteiger partial charge in [0.1, 0.15) is 5.82 Å².